The zero-order valence-electron chi connectivity index (χ0n) is 9.31. The second-order valence-corrected chi connectivity index (χ2v) is 6.06. The first kappa shape index (κ1) is 10.8. The molecule has 2 N–H and O–H groups in total. The Labute approximate surface area is 91.6 Å². The number of rotatable bonds is 1. The monoisotopic (exact) mass is 214 g/mol. The molecule has 3 atom stereocenters. The Balaban J connectivity index is 2.09. The van der Waals surface area contributed by atoms with E-state index in [9.17, 15) is 0 Å². The molecule has 14 heavy (non-hydrogen) atoms. The zero-order valence-corrected chi connectivity index (χ0v) is 10.1. The maximum absolute atomic E-state index is 3.86. The van der Waals surface area contributed by atoms with Crippen molar-refractivity contribution in [3.05, 3.63) is 0 Å². The molecule has 2 aliphatic rings. The highest BCUT2D eigenvalue weighted by Gasteiger charge is 2.42. The summed E-state index contributed by atoms with van der Waals surface area (Å²) in [5.74, 6) is 2.15. The SMILES string of the molecule is CCC1CNCCC12NC(C)CCS2. The summed E-state index contributed by atoms with van der Waals surface area (Å²) in [6.45, 7) is 7.03. The molecule has 0 aromatic carbocycles. The molecule has 1 spiro atoms. The summed E-state index contributed by atoms with van der Waals surface area (Å²) in [6, 6.07) is 0.711. The molecule has 3 unspecified atom stereocenters. The lowest BCUT2D eigenvalue weighted by Crippen LogP contribution is -2.60. The maximum atomic E-state index is 3.86. The lowest BCUT2D eigenvalue weighted by molar-refractivity contribution is 0.216. The van der Waals surface area contributed by atoms with Gasteiger partial charge in [-0.1, -0.05) is 6.92 Å². The summed E-state index contributed by atoms with van der Waals surface area (Å²) in [7, 11) is 0. The fraction of sp³-hybridized carbons (Fsp3) is 1.00. The van der Waals surface area contributed by atoms with Gasteiger partial charge in [0.25, 0.3) is 0 Å². The van der Waals surface area contributed by atoms with Crippen LogP contribution in [0.3, 0.4) is 0 Å². The van der Waals surface area contributed by atoms with Crippen molar-refractivity contribution in [2.45, 2.75) is 44.0 Å². The fourth-order valence-electron chi connectivity index (χ4n) is 2.72. The molecule has 0 saturated carbocycles. The molecule has 2 saturated heterocycles. The molecule has 2 fully saturated rings. The van der Waals surface area contributed by atoms with E-state index in [1.165, 1.54) is 38.1 Å². The highest BCUT2D eigenvalue weighted by atomic mass is 32.2. The highest BCUT2D eigenvalue weighted by Crippen LogP contribution is 2.41. The molecule has 2 heterocycles. The van der Waals surface area contributed by atoms with E-state index in [4.69, 9.17) is 0 Å². The molecular weight excluding hydrogens is 192 g/mol. The summed E-state index contributed by atoms with van der Waals surface area (Å²) >= 11 is 2.17. The summed E-state index contributed by atoms with van der Waals surface area (Å²) in [5, 5.41) is 7.37. The number of piperidine rings is 1. The third-order valence-corrected chi connectivity index (χ3v) is 5.23. The second kappa shape index (κ2) is 4.42. The average molecular weight is 214 g/mol. The van der Waals surface area contributed by atoms with Crippen molar-refractivity contribution in [3.8, 4) is 0 Å². The van der Waals surface area contributed by atoms with Crippen LogP contribution < -0.4 is 10.6 Å². The van der Waals surface area contributed by atoms with Crippen molar-refractivity contribution in [2.24, 2.45) is 5.92 Å². The van der Waals surface area contributed by atoms with Crippen molar-refractivity contribution >= 4 is 11.8 Å². The van der Waals surface area contributed by atoms with Gasteiger partial charge in [-0.3, -0.25) is 5.32 Å². The standard InChI is InChI=1S/C11H22N2S/c1-3-10-8-12-6-5-11(10)13-9(2)4-7-14-11/h9-10,12-13H,3-8H2,1-2H3. The normalized spacial score (nSPS) is 44.1. The van der Waals surface area contributed by atoms with E-state index in [0.717, 1.165) is 5.92 Å². The van der Waals surface area contributed by atoms with Crippen molar-refractivity contribution in [2.75, 3.05) is 18.8 Å². The lowest BCUT2D eigenvalue weighted by atomic mass is 9.89. The van der Waals surface area contributed by atoms with E-state index < -0.39 is 0 Å². The summed E-state index contributed by atoms with van der Waals surface area (Å²) < 4.78 is 0. The van der Waals surface area contributed by atoms with Gasteiger partial charge in [0, 0.05) is 12.6 Å². The number of hydrogen-bond acceptors (Lipinski definition) is 3. The van der Waals surface area contributed by atoms with Gasteiger partial charge in [-0.05, 0) is 44.4 Å². The third kappa shape index (κ3) is 1.95. The Hall–Kier alpha value is 0.270. The van der Waals surface area contributed by atoms with Crippen molar-refractivity contribution < 1.29 is 0 Å². The highest BCUT2D eigenvalue weighted by molar-refractivity contribution is 8.00. The van der Waals surface area contributed by atoms with Crippen LogP contribution in [-0.2, 0) is 0 Å². The van der Waals surface area contributed by atoms with E-state index >= 15 is 0 Å². The Kier molecular flexibility index (Phi) is 3.40. The van der Waals surface area contributed by atoms with Crippen LogP contribution in [0.25, 0.3) is 0 Å². The third-order valence-electron chi connectivity index (χ3n) is 3.62. The molecule has 0 aromatic heterocycles. The van der Waals surface area contributed by atoms with Crippen molar-refractivity contribution in [3.63, 3.8) is 0 Å². The maximum Gasteiger partial charge on any atom is 0.0699 e. The van der Waals surface area contributed by atoms with Crippen LogP contribution in [0.4, 0.5) is 0 Å². The van der Waals surface area contributed by atoms with E-state index in [1.54, 1.807) is 0 Å². The second-order valence-electron chi connectivity index (χ2n) is 4.63. The van der Waals surface area contributed by atoms with Crippen LogP contribution in [0.15, 0.2) is 0 Å². The first-order chi connectivity index (χ1) is 6.77. The van der Waals surface area contributed by atoms with E-state index in [1.807, 2.05) is 0 Å². The molecule has 0 aromatic rings. The number of nitrogens with one attached hydrogen (secondary N) is 2. The van der Waals surface area contributed by atoms with Gasteiger partial charge in [-0.15, -0.1) is 11.8 Å². The molecule has 0 radical (unpaired) electrons. The summed E-state index contributed by atoms with van der Waals surface area (Å²) in [5.41, 5.74) is 0. The smallest absolute Gasteiger partial charge is 0.0699 e. The minimum atomic E-state index is 0.400. The average Bonchev–Trinajstić information content (AvgIpc) is 2.18. The molecule has 2 rings (SSSR count). The first-order valence-corrected chi connectivity index (χ1v) is 6.88. The number of hydrogen-bond donors (Lipinski definition) is 2. The van der Waals surface area contributed by atoms with Crippen molar-refractivity contribution in [1.82, 2.24) is 10.6 Å². The zero-order chi connectivity index (χ0) is 10.0. The summed E-state index contributed by atoms with van der Waals surface area (Å²) in [4.78, 5) is 0.400. The number of thioether (sulfide) groups is 1. The van der Waals surface area contributed by atoms with Gasteiger partial charge in [0.1, 0.15) is 0 Å². The van der Waals surface area contributed by atoms with Gasteiger partial charge in [0.2, 0.25) is 0 Å². The predicted octanol–water partition coefficient (Wildman–Crippen LogP) is 1.82. The van der Waals surface area contributed by atoms with E-state index in [-0.39, 0.29) is 0 Å². The molecule has 82 valence electrons. The topological polar surface area (TPSA) is 24.1 Å². The molecule has 0 aliphatic carbocycles. The molecule has 3 heteroatoms. The molecule has 0 amide bonds. The summed E-state index contributed by atoms with van der Waals surface area (Å²) in [6.07, 6.45) is 3.91. The van der Waals surface area contributed by atoms with Crippen LogP contribution in [0.2, 0.25) is 0 Å². The van der Waals surface area contributed by atoms with Crippen LogP contribution in [0.5, 0.6) is 0 Å². The minimum absolute atomic E-state index is 0.400. The minimum Gasteiger partial charge on any atom is -0.316 e. The molecule has 0 bridgehead atoms. The van der Waals surface area contributed by atoms with Crippen LogP contribution in [0, 0.1) is 5.92 Å². The first-order valence-electron chi connectivity index (χ1n) is 5.89. The van der Waals surface area contributed by atoms with Gasteiger partial charge in [0.05, 0.1) is 4.87 Å². The van der Waals surface area contributed by atoms with Crippen molar-refractivity contribution in [1.29, 1.82) is 0 Å². The van der Waals surface area contributed by atoms with Gasteiger partial charge < -0.3 is 5.32 Å². The Morgan fingerprint density at radius 3 is 3.07 bits per heavy atom. The molecular formula is C11H22N2S. The van der Waals surface area contributed by atoms with Crippen LogP contribution in [-0.4, -0.2) is 29.8 Å². The molecule has 2 aliphatic heterocycles. The molecule has 2 nitrogen and oxygen atoms in total. The van der Waals surface area contributed by atoms with E-state index in [0.29, 0.717) is 10.9 Å². The largest absolute Gasteiger partial charge is 0.316 e. The lowest BCUT2D eigenvalue weighted by Gasteiger charge is -2.49. The van der Waals surface area contributed by atoms with Gasteiger partial charge in [-0.25, -0.2) is 0 Å². The van der Waals surface area contributed by atoms with Crippen LogP contribution >= 0.6 is 11.8 Å². The van der Waals surface area contributed by atoms with Crippen LogP contribution in [0.1, 0.15) is 33.1 Å². The Bertz CT molecular complexity index is 194. The fourth-order valence-corrected chi connectivity index (χ4v) is 4.57. The van der Waals surface area contributed by atoms with Gasteiger partial charge in [0.15, 0.2) is 0 Å². The van der Waals surface area contributed by atoms with Gasteiger partial charge in [-0.2, -0.15) is 0 Å². The van der Waals surface area contributed by atoms with E-state index in [2.05, 4.69) is 36.2 Å². The Morgan fingerprint density at radius 2 is 2.36 bits per heavy atom. The Morgan fingerprint density at radius 1 is 1.50 bits per heavy atom. The predicted molar refractivity (Wildman–Crippen MR) is 63.7 cm³/mol. The van der Waals surface area contributed by atoms with Gasteiger partial charge >= 0.3 is 0 Å². The quantitative estimate of drug-likeness (QED) is 0.696.